The molecule has 0 spiro atoms. The van der Waals surface area contributed by atoms with Crippen LogP contribution in [0.4, 0.5) is 5.69 Å². The van der Waals surface area contributed by atoms with E-state index in [1.807, 2.05) is 18.2 Å². The van der Waals surface area contributed by atoms with Crippen LogP contribution in [0.1, 0.15) is 13.8 Å². The molecule has 0 saturated carbocycles. The molecular weight excluding hydrogens is 200 g/mol. The second kappa shape index (κ2) is 5.75. The Bertz CT molecular complexity index is 325. The van der Waals surface area contributed by atoms with Gasteiger partial charge in [-0.1, -0.05) is 19.9 Å². The van der Waals surface area contributed by atoms with Crippen molar-refractivity contribution in [3.05, 3.63) is 24.3 Å². The number of ether oxygens (including phenoxy) is 1. The molecule has 0 fully saturated rings. The molecule has 2 N–H and O–H groups in total. The largest absolute Gasteiger partial charge is 0.497 e. The lowest BCUT2D eigenvalue weighted by atomic mass is 10.1. The van der Waals surface area contributed by atoms with Gasteiger partial charge in [-0.15, -0.1) is 0 Å². The first-order valence-corrected chi connectivity index (χ1v) is 5.65. The smallest absolute Gasteiger partial charge is 0.120 e. The summed E-state index contributed by atoms with van der Waals surface area (Å²) in [6.45, 7) is 5.14. The number of hydrogen-bond acceptors (Lipinski definition) is 3. The van der Waals surface area contributed by atoms with Gasteiger partial charge in [0.2, 0.25) is 0 Å². The molecule has 0 bridgehead atoms. The van der Waals surface area contributed by atoms with Crippen LogP contribution in [0.2, 0.25) is 0 Å². The number of methoxy groups -OCH3 is 1. The average Bonchev–Trinajstić information content (AvgIpc) is 2.28. The van der Waals surface area contributed by atoms with Gasteiger partial charge in [0, 0.05) is 31.4 Å². The highest BCUT2D eigenvalue weighted by molar-refractivity contribution is 5.50. The van der Waals surface area contributed by atoms with Crippen molar-refractivity contribution < 1.29 is 4.74 Å². The fourth-order valence-electron chi connectivity index (χ4n) is 1.48. The number of anilines is 1. The third-order valence-corrected chi connectivity index (χ3v) is 2.84. The third-order valence-electron chi connectivity index (χ3n) is 2.84. The number of likely N-dealkylation sites (N-methyl/N-ethyl adjacent to an activating group) is 1. The van der Waals surface area contributed by atoms with Crippen molar-refractivity contribution in [3.8, 4) is 5.75 Å². The Labute approximate surface area is 98.2 Å². The van der Waals surface area contributed by atoms with Crippen LogP contribution < -0.4 is 15.4 Å². The first-order valence-electron chi connectivity index (χ1n) is 5.65. The van der Waals surface area contributed by atoms with Gasteiger partial charge in [-0.3, -0.25) is 0 Å². The molecule has 0 saturated heterocycles. The highest BCUT2D eigenvalue weighted by atomic mass is 16.5. The van der Waals surface area contributed by atoms with Crippen LogP contribution in [-0.4, -0.2) is 26.7 Å². The van der Waals surface area contributed by atoms with E-state index in [-0.39, 0.29) is 6.04 Å². The van der Waals surface area contributed by atoms with E-state index in [1.165, 1.54) is 0 Å². The minimum absolute atomic E-state index is 0.191. The maximum Gasteiger partial charge on any atom is 0.120 e. The Morgan fingerprint density at radius 3 is 2.62 bits per heavy atom. The lowest BCUT2D eigenvalue weighted by Crippen LogP contribution is -2.38. The van der Waals surface area contributed by atoms with Crippen LogP contribution in [0.3, 0.4) is 0 Å². The summed E-state index contributed by atoms with van der Waals surface area (Å²) in [7, 11) is 3.73. The van der Waals surface area contributed by atoms with Gasteiger partial charge in [0.05, 0.1) is 7.11 Å². The van der Waals surface area contributed by atoms with Gasteiger partial charge in [-0.2, -0.15) is 0 Å². The molecule has 1 atom stereocenters. The molecule has 0 radical (unpaired) electrons. The minimum atomic E-state index is 0.191. The number of nitrogens with zero attached hydrogens (tertiary/aromatic N) is 1. The Morgan fingerprint density at radius 2 is 2.06 bits per heavy atom. The Morgan fingerprint density at radius 1 is 1.38 bits per heavy atom. The molecule has 3 nitrogen and oxygen atoms in total. The first-order chi connectivity index (χ1) is 7.54. The van der Waals surface area contributed by atoms with E-state index in [9.17, 15) is 0 Å². The van der Waals surface area contributed by atoms with Crippen molar-refractivity contribution in [1.29, 1.82) is 0 Å². The summed E-state index contributed by atoms with van der Waals surface area (Å²) in [6, 6.07) is 8.21. The number of hydrogen-bond donors (Lipinski definition) is 1. The summed E-state index contributed by atoms with van der Waals surface area (Å²) >= 11 is 0. The van der Waals surface area contributed by atoms with Crippen molar-refractivity contribution in [2.75, 3.05) is 25.6 Å². The van der Waals surface area contributed by atoms with Crippen LogP contribution in [0.15, 0.2) is 24.3 Å². The summed E-state index contributed by atoms with van der Waals surface area (Å²) < 4.78 is 5.20. The van der Waals surface area contributed by atoms with Gasteiger partial charge in [0.1, 0.15) is 5.75 Å². The zero-order chi connectivity index (χ0) is 12.1. The minimum Gasteiger partial charge on any atom is -0.497 e. The molecule has 0 aromatic heterocycles. The van der Waals surface area contributed by atoms with Crippen molar-refractivity contribution >= 4 is 5.69 Å². The van der Waals surface area contributed by atoms with Gasteiger partial charge in [-0.25, -0.2) is 0 Å². The molecule has 90 valence electrons. The summed E-state index contributed by atoms with van der Waals surface area (Å²) in [6.07, 6.45) is 0. The molecule has 0 aliphatic rings. The maximum absolute atomic E-state index is 6.05. The van der Waals surface area contributed by atoms with Gasteiger partial charge in [-0.05, 0) is 18.1 Å². The molecule has 0 amide bonds. The van der Waals surface area contributed by atoms with E-state index in [0.29, 0.717) is 5.92 Å². The second-order valence-corrected chi connectivity index (χ2v) is 4.49. The standard InChI is InChI=1S/C13H22N2O/c1-10(2)13(14)9-15(3)11-6-5-7-12(8-11)16-4/h5-8,10,13H,9,14H2,1-4H3. The highest BCUT2D eigenvalue weighted by Gasteiger charge is 2.11. The van der Waals surface area contributed by atoms with Crippen LogP contribution >= 0.6 is 0 Å². The van der Waals surface area contributed by atoms with E-state index in [4.69, 9.17) is 10.5 Å². The van der Waals surface area contributed by atoms with E-state index >= 15 is 0 Å². The fraction of sp³-hybridized carbons (Fsp3) is 0.538. The molecule has 1 aromatic carbocycles. The van der Waals surface area contributed by atoms with Gasteiger partial charge in [0.25, 0.3) is 0 Å². The van der Waals surface area contributed by atoms with Gasteiger partial charge in [0.15, 0.2) is 0 Å². The zero-order valence-electron chi connectivity index (χ0n) is 10.6. The van der Waals surface area contributed by atoms with Crippen molar-refractivity contribution in [1.82, 2.24) is 0 Å². The van der Waals surface area contributed by atoms with E-state index in [1.54, 1.807) is 7.11 Å². The molecule has 0 aliphatic heterocycles. The van der Waals surface area contributed by atoms with E-state index < -0.39 is 0 Å². The summed E-state index contributed by atoms with van der Waals surface area (Å²) in [4.78, 5) is 2.16. The monoisotopic (exact) mass is 222 g/mol. The SMILES string of the molecule is COc1cccc(N(C)CC(N)C(C)C)c1. The molecule has 0 heterocycles. The van der Waals surface area contributed by atoms with E-state index in [0.717, 1.165) is 18.0 Å². The van der Waals surface area contributed by atoms with Crippen LogP contribution in [-0.2, 0) is 0 Å². The Kier molecular flexibility index (Phi) is 4.62. The van der Waals surface area contributed by atoms with Crippen molar-refractivity contribution in [3.63, 3.8) is 0 Å². The van der Waals surface area contributed by atoms with Crippen molar-refractivity contribution in [2.24, 2.45) is 11.7 Å². The Balaban J connectivity index is 2.68. The lowest BCUT2D eigenvalue weighted by Gasteiger charge is -2.25. The second-order valence-electron chi connectivity index (χ2n) is 4.49. The molecule has 0 aliphatic carbocycles. The van der Waals surface area contributed by atoms with Crippen molar-refractivity contribution in [2.45, 2.75) is 19.9 Å². The molecular formula is C13H22N2O. The molecule has 3 heteroatoms. The van der Waals surface area contributed by atoms with Crippen LogP contribution in [0.5, 0.6) is 5.75 Å². The third kappa shape index (κ3) is 3.42. The molecule has 1 rings (SSSR count). The summed E-state index contributed by atoms with van der Waals surface area (Å²) in [5.41, 5.74) is 7.19. The summed E-state index contributed by atoms with van der Waals surface area (Å²) in [5, 5.41) is 0. The zero-order valence-corrected chi connectivity index (χ0v) is 10.6. The number of benzene rings is 1. The van der Waals surface area contributed by atoms with Gasteiger partial charge >= 0.3 is 0 Å². The van der Waals surface area contributed by atoms with Gasteiger partial charge < -0.3 is 15.4 Å². The molecule has 1 unspecified atom stereocenters. The fourth-order valence-corrected chi connectivity index (χ4v) is 1.48. The first kappa shape index (κ1) is 12.8. The normalized spacial score (nSPS) is 12.6. The topological polar surface area (TPSA) is 38.5 Å². The predicted octanol–water partition coefficient (Wildman–Crippen LogP) is 2.11. The highest BCUT2D eigenvalue weighted by Crippen LogP contribution is 2.20. The predicted molar refractivity (Wildman–Crippen MR) is 69.1 cm³/mol. The van der Waals surface area contributed by atoms with E-state index in [2.05, 4.69) is 31.9 Å². The Hall–Kier alpha value is -1.22. The molecule has 1 aromatic rings. The maximum atomic E-state index is 6.05. The molecule has 16 heavy (non-hydrogen) atoms. The number of nitrogens with two attached hydrogens (primary N) is 1. The lowest BCUT2D eigenvalue weighted by molar-refractivity contribution is 0.414. The van der Waals surface area contributed by atoms with Crippen LogP contribution in [0.25, 0.3) is 0 Å². The number of rotatable bonds is 5. The quantitative estimate of drug-likeness (QED) is 0.829. The average molecular weight is 222 g/mol. The van der Waals surface area contributed by atoms with Crippen LogP contribution in [0, 0.1) is 5.92 Å². The summed E-state index contributed by atoms with van der Waals surface area (Å²) in [5.74, 6) is 1.37.